The van der Waals surface area contributed by atoms with Crippen LogP contribution in [0.4, 0.5) is 4.39 Å². The van der Waals surface area contributed by atoms with Crippen LogP contribution in [0.3, 0.4) is 0 Å². The van der Waals surface area contributed by atoms with Crippen molar-refractivity contribution in [1.82, 2.24) is 25.4 Å². The van der Waals surface area contributed by atoms with Gasteiger partial charge in [0.1, 0.15) is 36.6 Å². The predicted molar refractivity (Wildman–Crippen MR) is 279 cm³/mol. The van der Waals surface area contributed by atoms with Gasteiger partial charge in [-0.1, -0.05) is 52.7 Å². The van der Waals surface area contributed by atoms with Crippen molar-refractivity contribution in [2.75, 3.05) is 48.0 Å². The van der Waals surface area contributed by atoms with Crippen molar-refractivity contribution < 1.29 is 56.6 Å². The highest BCUT2D eigenvalue weighted by Crippen LogP contribution is 2.41. The maximum atomic E-state index is 15.1. The van der Waals surface area contributed by atoms with Gasteiger partial charge in [-0.15, -0.1) is 5.12 Å². The first-order chi connectivity index (χ1) is 34.3. The van der Waals surface area contributed by atoms with Gasteiger partial charge in [-0.3, -0.25) is 9.80 Å². The third-order valence-corrected chi connectivity index (χ3v) is 19.6. The quantitative estimate of drug-likeness (QED) is 0.133. The summed E-state index contributed by atoms with van der Waals surface area (Å²) in [5.41, 5.74) is 1.86. The van der Waals surface area contributed by atoms with Gasteiger partial charge < -0.3 is 54.2 Å². The van der Waals surface area contributed by atoms with E-state index < -0.39 is 88.3 Å². The van der Waals surface area contributed by atoms with Crippen LogP contribution in [0.15, 0.2) is 41.1 Å². The van der Waals surface area contributed by atoms with E-state index >= 15 is 4.39 Å². The Balaban J connectivity index is 1.18. The lowest BCUT2D eigenvalue weighted by Gasteiger charge is -2.45. The van der Waals surface area contributed by atoms with Gasteiger partial charge in [0.15, 0.2) is 16.1 Å². The highest BCUT2D eigenvalue weighted by molar-refractivity contribution is 7.92. The fraction of sp³-hybridized carbons (Fsp3) is 0.836. The van der Waals surface area contributed by atoms with Crippen molar-refractivity contribution in [3.05, 3.63) is 41.7 Å². The molecule has 1 aromatic rings. The molecule has 73 heavy (non-hydrogen) atoms. The van der Waals surface area contributed by atoms with E-state index in [1.807, 2.05) is 59.8 Å². The zero-order valence-electron chi connectivity index (χ0n) is 46.4. The van der Waals surface area contributed by atoms with Gasteiger partial charge in [0, 0.05) is 70.0 Å². The molecular weight excluding hydrogens is 958 g/mol. The minimum absolute atomic E-state index is 0.0341. The molecule has 0 amide bonds. The number of esters is 1. The normalized spacial score (nSPS) is 38.3. The minimum atomic E-state index is -3.43. The first kappa shape index (κ1) is 59.7. The Labute approximate surface area is 437 Å². The number of nitrogens with one attached hydrogen (secondary N) is 1. The fourth-order valence-electron chi connectivity index (χ4n) is 12.8. The van der Waals surface area contributed by atoms with Gasteiger partial charge in [-0.25, -0.2) is 12.8 Å². The molecule has 0 radical (unpaired) electrons. The number of nitrogens with zero attached hydrogens (tertiary/aromatic N) is 4. The molecule has 4 heterocycles. The van der Waals surface area contributed by atoms with E-state index in [-0.39, 0.29) is 46.8 Å². The molecule has 6 rings (SSSR count). The second-order valence-electron chi connectivity index (χ2n) is 23.5. The maximum Gasteiger partial charge on any atom is 0.309 e. The average Bonchev–Trinajstić information content (AvgIpc) is 4.02. The summed E-state index contributed by atoms with van der Waals surface area (Å²) in [6.07, 6.45) is 4.73. The van der Waals surface area contributed by atoms with Crippen LogP contribution in [0.2, 0.25) is 0 Å². The average molecular weight is 1050 g/mol. The lowest BCUT2D eigenvalue weighted by molar-refractivity contribution is -0.258. The molecule has 4 fully saturated rings. The number of cyclic esters (lactones) is 1. The summed E-state index contributed by atoms with van der Waals surface area (Å²) >= 11 is 0. The second-order valence-corrected chi connectivity index (χ2v) is 25.8. The summed E-state index contributed by atoms with van der Waals surface area (Å²) < 4.78 is 74.1. The van der Waals surface area contributed by atoms with Crippen LogP contribution in [-0.4, -0.2) is 175 Å². The monoisotopic (exact) mass is 1050 g/mol. The number of likely N-dealkylation sites (N-methyl/N-ethyl adjacent to an activating group) is 1. The third-order valence-electron chi connectivity index (χ3n) is 17.3. The molecule has 418 valence electrons. The van der Waals surface area contributed by atoms with Crippen molar-refractivity contribution in [3.63, 3.8) is 0 Å². The lowest BCUT2D eigenvalue weighted by Crippen LogP contribution is -2.59. The number of benzene rings is 1. The Morgan fingerprint density at radius 2 is 1.60 bits per heavy atom. The second kappa shape index (κ2) is 25.3. The number of hydrogen-bond donors (Lipinski definition) is 4. The smallest absolute Gasteiger partial charge is 0.309 e. The first-order valence-corrected chi connectivity index (χ1v) is 29.0. The van der Waals surface area contributed by atoms with Gasteiger partial charge >= 0.3 is 5.97 Å². The summed E-state index contributed by atoms with van der Waals surface area (Å²) in [4.78, 5) is 19.0. The van der Waals surface area contributed by atoms with Gasteiger partial charge in [0.2, 0.25) is 0 Å². The molecule has 3 saturated heterocycles. The molecule has 5 aliphatic rings. The topological polar surface area (TPSA) is 183 Å². The molecule has 4 N–H and O–H groups in total. The van der Waals surface area contributed by atoms with Crippen molar-refractivity contribution in [1.29, 1.82) is 0 Å². The molecular formula is C55H94FN5O11S. The standard InChI is InChI=1S/C55H94FN5O11S/c1-14-48-55(9,65)52(62)39(7)59(11)32-35(3)30-54(8,64)49(29-45(38(6)53(63)72-48)47-26-34(2)25-36(4)69-47)71-50-28-42(27-37(5)70-50)58(10)24-23-41-33-61(60(12)57-41)46(31-56)51(68-13)40-19-21-44(22-20-40)73(66,67)43-17-15-16-18-43/h19-22,33-39,42-43,45-52,57,62,64-65H,14-18,23-32H2,1-13H3/t34-,35-,36+,37-,38-,39-,42+,45+,46-,47?,48-,49-,50+,51-,52-,54-,55-/m1/s1. The number of hydrazine groups is 2. The summed E-state index contributed by atoms with van der Waals surface area (Å²) in [6, 6.07) is 5.55. The van der Waals surface area contributed by atoms with E-state index in [4.69, 9.17) is 23.7 Å². The number of methoxy groups -OCH3 is 1. The van der Waals surface area contributed by atoms with Gasteiger partial charge in [0.25, 0.3) is 0 Å². The molecule has 0 aromatic heterocycles. The molecule has 17 atom stereocenters. The number of sulfone groups is 1. The Morgan fingerprint density at radius 3 is 2.22 bits per heavy atom. The summed E-state index contributed by atoms with van der Waals surface area (Å²) in [5, 5.41) is 39.4. The molecule has 1 aromatic carbocycles. The van der Waals surface area contributed by atoms with E-state index in [9.17, 15) is 28.5 Å². The number of aliphatic hydroxyl groups is 3. The van der Waals surface area contributed by atoms with Crippen LogP contribution in [0.5, 0.6) is 0 Å². The van der Waals surface area contributed by atoms with Crippen molar-refractivity contribution >= 4 is 15.8 Å². The number of aliphatic hydroxyl groups excluding tert-OH is 1. The van der Waals surface area contributed by atoms with Gasteiger partial charge in [0.05, 0.1) is 46.1 Å². The van der Waals surface area contributed by atoms with E-state index in [0.29, 0.717) is 63.1 Å². The summed E-state index contributed by atoms with van der Waals surface area (Å²) in [7, 11) is 3.92. The Hall–Kier alpha value is -2.49. The number of hydrogen-bond acceptors (Lipinski definition) is 16. The van der Waals surface area contributed by atoms with E-state index in [2.05, 4.69) is 38.1 Å². The Kier molecular flexibility index (Phi) is 20.7. The van der Waals surface area contributed by atoms with E-state index in [1.54, 1.807) is 48.4 Å². The molecule has 4 aliphatic heterocycles. The number of carbonyl (C=O) groups excluding carboxylic acids is 1. The number of carbonyl (C=O) groups is 1. The highest BCUT2D eigenvalue weighted by Gasteiger charge is 2.49. The van der Waals surface area contributed by atoms with Crippen LogP contribution in [0.1, 0.15) is 151 Å². The predicted octanol–water partition coefficient (Wildman–Crippen LogP) is 6.93. The van der Waals surface area contributed by atoms with Crippen molar-refractivity contribution in [2.45, 2.75) is 228 Å². The molecule has 1 unspecified atom stereocenters. The maximum absolute atomic E-state index is 15.1. The third kappa shape index (κ3) is 14.4. The van der Waals surface area contributed by atoms with Crippen LogP contribution in [-0.2, 0) is 38.3 Å². The zero-order chi connectivity index (χ0) is 53.7. The van der Waals surface area contributed by atoms with Crippen LogP contribution in [0.25, 0.3) is 0 Å². The Morgan fingerprint density at radius 1 is 0.945 bits per heavy atom. The molecule has 1 aliphatic carbocycles. The van der Waals surface area contributed by atoms with Gasteiger partial charge in [-0.2, -0.15) is 0 Å². The molecule has 18 heteroatoms. The summed E-state index contributed by atoms with van der Waals surface area (Å²) in [5.74, 6) is -1.34. The van der Waals surface area contributed by atoms with Crippen LogP contribution in [0, 0.1) is 23.7 Å². The molecule has 1 saturated carbocycles. The number of rotatable bonds is 15. The lowest BCUT2D eigenvalue weighted by atomic mass is 9.75. The SMILES string of the molecule is CC[C@H]1OC(=O)[C@H](C)[C@@H](C2C[C@H](C)C[C@H](C)O2)C[C@@H](O[C@H]2C[C@@H](N(C)CCC3=CN([C@H](CF)[C@H](OC)c4ccc(S(=O)(=O)C5CCCC5)cc4)N(C)N3)C[C@@H](C)O2)[C@](C)(O)C[C@@H](C)CN(C)[C@H](C)[C@@H](O)[C@]1(C)O. The highest BCUT2D eigenvalue weighted by atomic mass is 32.2. The number of alkyl halides is 1. The summed E-state index contributed by atoms with van der Waals surface area (Å²) in [6.45, 7) is 17.7. The van der Waals surface area contributed by atoms with Crippen molar-refractivity contribution in [2.24, 2.45) is 23.7 Å². The van der Waals surface area contributed by atoms with E-state index in [0.717, 1.165) is 37.8 Å². The molecule has 0 spiro atoms. The van der Waals surface area contributed by atoms with Gasteiger partial charge in [-0.05, 0) is 130 Å². The number of ether oxygens (including phenoxy) is 5. The largest absolute Gasteiger partial charge is 0.459 e. The van der Waals surface area contributed by atoms with Crippen LogP contribution < -0.4 is 5.43 Å². The molecule has 0 bridgehead atoms. The molecule has 16 nitrogen and oxygen atoms in total. The van der Waals surface area contributed by atoms with E-state index in [1.165, 1.54) is 0 Å². The minimum Gasteiger partial charge on any atom is -0.459 e. The zero-order valence-corrected chi connectivity index (χ0v) is 47.2. The first-order valence-electron chi connectivity index (χ1n) is 27.4. The number of halogens is 1. The fourth-order valence-corrected chi connectivity index (χ4v) is 14.7. The van der Waals surface area contributed by atoms with Crippen LogP contribution >= 0.6 is 0 Å². The van der Waals surface area contributed by atoms with Crippen molar-refractivity contribution in [3.8, 4) is 0 Å². The Bertz CT molecular complexity index is 2050.